The van der Waals surface area contributed by atoms with Gasteiger partial charge in [0, 0.05) is 18.4 Å². The molecule has 2 aliphatic heterocycles. The first-order valence-electron chi connectivity index (χ1n) is 16.0. The molecule has 1 aromatic heterocycles. The number of carbonyl (C=O) groups is 4. The van der Waals surface area contributed by atoms with Gasteiger partial charge >= 0.3 is 0 Å². The van der Waals surface area contributed by atoms with E-state index in [2.05, 4.69) is 21.4 Å². The topological polar surface area (TPSA) is 133 Å². The number of rotatable bonds is 3. The maximum Gasteiger partial charge on any atom is 0.259 e. The van der Waals surface area contributed by atoms with Crippen LogP contribution in [-0.4, -0.2) is 58.3 Å². The minimum Gasteiger partial charge on any atom is -0.347 e. The van der Waals surface area contributed by atoms with E-state index in [9.17, 15) is 19.2 Å². The monoisotopic (exact) mass is 624 g/mol. The van der Waals surface area contributed by atoms with Crippen LogP contribution in [0.2, 0.25) is 0 Å². The van der Waals surface area contributed by atoms with Gasteiger partial charge < -0.3 is 16.0 Å². The summed E-state index contributed by atoms with van der Waals surface area (Å²) in [5.74, 6) is -1.59. The fraction of sp³-hybridized carbons (Fsp3) is 0.417. The quantitative estimate of drug-likeness (QED) is 0.350. The van der Waals surface area contributed by atoms with E-state index in [1.165, 1.54) is 5.01 Å². The molecule has 1 fully saturated rings. The van der Waals surface area contributed by atoms with Crippen LogP contribution >= 0.6 is 0 Å². The predicted octanol–water partition coefficient (Wildman–Crippen LogP) is 3.83. The van der Waals surface area contributed by atoms with Crippen molar-refractivity contribution in [2.75, 3.05) is 6.54 Å². The molecule has 4 atom stereocenters. The van der Waals surface area contributed by atoms with E-state index < -0.39 is 29.4 Å². The van der Waals surface area contributed by atoms with Crippen LogP contribution < -0.4 is 21.4 Å². The zero-order chi connectivity index (χ0) is 33.0. The van der Waals surface area contributed by atoms with Gasteiger partial charge in [0.15, 0.2) is 0 Å². The first kappa shape index (κ1) is 32.8. The second-order valence-corrected chi connectivity index (χ2v) is 13.2. The lowest BCUT2D eigenvalue weighted by Crippen LogP contribution is -2.63. The second kappa shape index (κ2) is 13.8. The van der Waals surface area contributed by atoms with E-state index in [0.29, 0.717) is 25.1 Å². The summed E-state index contributed by atoms with van der Waals surface area (Å²) >= 11 is 0. The van der Waals surface area contributed by atoms with E-state index in [1.807, 2.05) is 93.6 Å². The smallest absolute Gasteiger partial charge is 0.259 e. The van der Waals surface area contributed by atoms with Gasteiger partial charge in [-0.1, -0.05) is 74.5 Å². The fourth-order valence-corrected chi connectivity index (χ4v) is 5.76. The molecule has 0 radical (unpaired) electrons. The van der Waals surface area contributed by atoms with E-state index in [4.69, 9.17) is 4.98 Å². The average Bonchev–Trinajstić information content (AvgIpc) is 3.05. The Hall–Kier alpha value is -4.57. The molecule has 2 aliphatic rings. The van der Waals surface area contributed by atoms with Crippen molar-refractivity contribution < 1.29 is 19.2 Å². The van der Waals surface area contributed by atoms with Gasteiger partial charge in [-0.2, -0.15) is 0 Å². The molecule has 4 amide bonds. The molecule has 0 saturated carbocycles. The van der Waals surface area contributed by atoms with Crippen LogP contribution in [0.1, 0.15) is 70.3 Å². The third kappa shape index (κ3) is 7.62. The number of hydrazine groups is 1. The lowest BCUT2D eigenvalue weighted by atomic mass is 9.89. The first-order valence-corrected chi connectivity index (χ1v) is 16.0. The molecule has 10 nitrogen and oxygen atoms in total. The molecule has 1 saturated heterocycles. The lowest BCUT2D eigenvalue weighted by Gasteiger charge is -2.36. The highest BCUT2D eigenvalue weighted by molar-refractivity contribution is 5.94. The minimum atomic E-state index is -0.943. The zero-order valence-corrected chi connectivity index (χ0v) is 27.2. The van der Waals surface area contributed by atoms with Gasteiger partial charge in [0.1, 0.15) is 18.1 Å². The number of nitrogens with one attached hydrogen (secondary N) is 4. The standard InChI is InChI=1S/C36H44N6O4/c1-22(2)31-33(44)39-30(21-24-10-7-6-8-11-24)34(45)42-19-9-12-28(41-42)32(43)37-23(3)27-16-15-26-14-13-25(20-29(26)38-27)17-18-36(4,5)35(46)40-31/h6-8,10-11,13-18,20,22-23,28,30-31,41H,9,12,19,21H2,1-5H3,(H,37,43)(H,39,44)(H,40,46)/b18-17+/t23-,28?,30?,31?/m1/s1. The van der Waals surface area contributed by atoms with Gasteiger partial charge in [-0.3, -0.25) is 29.2 Å². The molecule has 242 valence electrons. The van der Waals surface area contributed by atoms with E-state index in [1.54, 1.807) is 13.8 Å². The van der Waals surface area contributed by atoms with E-state index in [0.717, 1.165) is 22.0 Å². The Labute approximate surface area is 270 Å². The molecule has 10 heteroatoms. The van der Waals surface area contributed by atoms with Crippen molar-refractivity contribution >= 4 is 40.6 Å². The molecule has 4 N–H and O–H groups in total. The fourth-order valence-electron chi connectivity index (χ4n) is 5.76. The summed E-state index contributed by atoms with van der Waals surface area (Å²) < 4.78 is 0. The summed E-state index contributed by atoms with van der Waals surface area (Å²) in [6.07, 6.45) is 5.10. The molecule has 5 rings (SSSR count). The van der Waals surface area contributed by atoms with Crippen LogP contribution in [0.15, 0.2) is 66.7 Å². The Morgan fingerprint density at radius 2 is 1.67 bits per heavy atom. The number of fused-ring (bicyclic) bond motifs is 4. The number of carbonyl (C=O) groups excluding carboxylic acids is 4. The highest BCUT2D eigenvalue weighted by Crippen LogP contribution is 2.24. The van der Waals surface area contributed by atoms with Gasteiger partial charge in [-0.05, 0) is 62.8 Å². The molecule has 3 unspecified atom stereocenters. The van der Waals surface area contributed by atoms with Gasteiger partial charge in [0.25, 0.3) is 5.91 Å². The van der Waals surface area contributed by atoms with Crippen LogP contribution in [0, 0.1) is 11.3 Å². The molecule has 0 spiro atoms. The molecule has 2 aromatic carbocycles. The number of hydrogen-bond acceptors (Lipinski definition) is 6. The molecule has 5 bridgehead atoms. The maximum absolute atomic E-state index is 14.0. The second-order valence-electron chi connectivity index (χ2n) is 13.2. The minimum absolute atomic E-state index is 0.233. The predicted molar refractivity (Wildman–Crippen MR) is 178 cm³/mol. The number of pyridine rings is 1. The third-order valence-electron chi connectivity index (χ3n) is 8.72. The Morgan fingerprint density at radius 1 is 0.935 bits per heavy atom. The summed E-state index contributed by atoms with van der Waals surface area (Å²) in [7, 11) is 0. The Kier molecular flexibility index (Phi) is 9.86. The van der Waals surface area contributed by atoms with Gasteiger partial charge in [0.05, 0.1) is 22.7 Å². The van der Waals surface area contributed by atoms with Crippen LogP contribution in [0.4, 0.5) is 0 Å². The average molecular weight is 625 g/mol. The van der Waals surface area contributed by atoms with Crippen molar-refractivity contribution in [1.29, 1.82) is 0 Å². The number of aromatic nitrogens is 1. The largest absolute Gasteiger partial charge is 0.347 e. The Bertz CT molecular complexity index is 1640. The lowest BCUT2D eigenvalue weighted by molar-refractivity contribution is -0.144. The summed E-state index contributed by atoms with van der Waals surface area (Å²) in [5.41, 5.74) is 5.39. The molecular formula is C36H44N6O4. The Morgan fingerprint density at radius 3 is 2.41 bits per heavy atom. The molecule has 3 heterocycles. The van der Waals surface area contributed by atoms with Crippen LogP contribution in [-0.2, 0) is 25.6 Å². The highest BCUT2D eigenvalue weighted by Gasteiger charge is 2.36. The van der Waals surface area contributed by atoms with E-state index >= 15 is 0 Å². The van der Waals surface area contributed by atoms with E-state index in [-0.39, 0.29) is 36.1 Å². The number of hydrogen-bond donors (Lipinski definition) is 4. The van der Waals surface area contributed by atoms with Gasteiger partial charge in [-0.25, -0.2) is 5.43 Å². The summed E-state index contributed by atoms with van der Waals surface area (Å²) in [6.45, 7) is 9.58. The van der Waals surface area contributed by atoms with Crippen LogP contribution in [0.25, 0.3) is 17.0 Å². The third-order valence-corrected chi connectivity index (χ3v) is 8.72. The SMILES string of the molecule is CC(C)C1NC(=O)C(C)(C)/C=C/c2ccc3ccc(nc3c2)[C@@H](C)NC(=O)C2CCCN(N2)C(=O)C(Cc2ccccc2)NC1=O. The summed E-state index contributed by atoms with van der Waals surface area (Å²) in [5, 5.41) is 11.3. The molecule has 3 aromatic rings. The van der Waals surface area contributed by atoms with Crippen molar-refractivity contribution in [3.63, 3.8) is 0 Å². The van der Waals surface area contributed by atoms with Crippen LogP contribution in [0.3, 0.4) is 0 Å². The maximum atomic E-state index is 14.0. The Balaban J connectivity index is 1.52. The molecular weight excluding hydrogens is 580 g/mol. The van der Waals surface area contributed by atoms with Crippen molar-refractivity contribution in [2.45, 2.75) is 78.0 Å². The van der Waals surface area contributed by atoms with Crippen molar-refractivity contribution in [3.05, 3.63) is 83.6 Å². The summed E-state index contributed by atoms with van der Waals surface area (Å²) in [4.78, 5) is 59.7. The number of nitrogens with zero attached hydrogens (tertiary/aromatic N) is 2. The number of benzene rings is 2. The molecule has 46 heavy (non-hydrogen) atoms. The van der Waals surface area contributed by atoms with Crippen molar-refractivity contribution in [1.82, 2.24) is 31.4 Å². The van der Waals surface area contributed by atoms with Crippen LogP contribution in [0.5, 0.6) is 0 Å². The van der Waals surface area contributed by atoms with Gasteiger partial charge in [-0.15, -0.1) is 0 Å². The molecule has 0 aliphatic carbocycles. The first-order chi connectivity index (χ1) is 21.9. The van der Waals surface area contributed by atoms with Crippen molar-refractivity contribution in [3.8, 4) is 0 Å². The number of amides is 4. The summed E-state index contributed by atoms with van der Waals surface area (Å²) in [6, 6.07) is 16.4. The van der Waals surface area contributed by atoms with Gasteiger partial charge in [0.2, 0.25) is 17.7 Å². The zero-order valence-electron chi connectivity index (χ0n) is 27.2. The normalized spacial score (nSPS) is 25.1. The van der Waals surface area contributed by atoms with Crippen molar-refractivity contribution in [2.24, 2.45) is 11.3 Å². The highest BCUT2D eigenvalue weighted by atomic mass is 16.2.